The number of hydrogen-bond acceptors (Lipinski definition) is 6. The van der Waals surface area contributed by atoms with E-state index in [4.69, 9.17) is 4.74 Å². The van der Waals surface area contributed by atoms with E-state index in [1.165, 1.54) is 24.4 Å². The predicted molar refractivity (Wildman–Crippen MR) is 115 cm³/mol. The molecule has 1 atom stereocenters. The number of anilines is 1. The highest BCUT2D eigenvalue weighted by Gasteiger charge is 2.48. The van der Waals surface area contributed by atoms with E-state index in [9.17, 15) is 19.1 Å². The molecule has 3 aromatic rings. The van der Waals surface area contributed by atoms with E-state index in [1.807, 2.05) is 0 Å². The zero-order valence-corrected chi connectivity index (χ0v) is 17.0. The Morgan fingerprint density at radius 1 is 1.23 bits per heavy atom. The Labute approximate surface area is 181 Å². The maximum absolute atomic E-state index is 14.7. The molecule has 6 nitrogen and oxygen atoms in total. The average Bonchev–Trinajstić information content (AvgIpc) is 3.39. The molecule has 31 heavy (non-hydrogen) atoms. The van der Waals surface area contributed by atoms with E-state index in [-0.39, 0.29) is 16.3 Å². The predicted octanol–water partition coefficient (Wildman–Crippen LogP) is 4.47. The third-order valence-electron chi connectivity index (χ3n) is 4.77. The number of Topliss-reactive ketones (excluding diaryl/α,β-unsaturated/α-hetero) is 1. The summed E-state index contributed by atoms with van der Waals surface area (Å²) < 4.78 is 20.2. The number of nitrogens with zero attached hydrogens (tertiary/aromatic N) is 2. The number of hydrogen-bond donors (Lipinski definition) is 1. The molecule has 2 heterocycles. The quantitative estimate of drug-likeness (QED) is 0.267. The van der Waals surface area contributed by atoms with Crippen LogP contribution in [0.15, 0.2) is 78.3 Å². The van der Waals surface area contributed by atoms with Crippen molar-refractivity contribution in [1.29, 1.82) is 0 Å². The molecule has 1 aliphatic rings. The van der Waals surface area contributed by atoms with E-state index in [0.717, 1.165) is 16.2 Å². The summed E-state index contributed by atoms with van der Waals surface area (Å²) in [5.74, 6) is -2.25. The number of aliphatic hydroxyl groups excluding tert-OH is 1. The van der Waals surface area contributed by atoms with Crippen LogP contribution in [0.25, 0.3) is 5.76 Å². The van der Waals surface area contributed by atoms with Gasteiger partial charge >= 0.3 is 5.91 Å². The van der Waals surface area contributed by atoms with Gasteiger partial charge in [-0.15, -0.1) is 11.3 Å². The van der Waals surface area contributed by atoms with Crippen LogP contribution in [0.4, 0.5) is 9.52 Å². The average molecular weight is 436 g/mol. The van der Waals surface area contributed by atoms with Crippen LogP contribution < -0.4 is 9.64 Å². The number of carbonyl (C=O) groups excluding carboxylic acids is 2. The molecule has 4 rings (SSSR count). The zero-order valence-electron chi connectivity index (χ0n) is 16.2. The number of aliphatic hydroxyl groups is 1. The Balaban J connectivity index is 1.85. The van der Waals surface area contributed by atoms with Crippen LogP contribution >= 0.6 is 11.3 Å². The van der Waals surface area contributed by atoms with Gasteiger partial charge < -0.3 is 9.84 Å². The van der Waals surface area contributed by atoms with Gasteiger partial charge in [-0.25, -0.2) is 9.37 Å². The second kappa shape index (κ2) is 8.53. The SMILES string of the molecule is C=CCOc1ccc(/C(O)=C2\C(=O)C(=O)N(c3nccs3)[C@H]2c2ccccc2F)cc1. The highest BCUT2D eigenvalue weighted by atomic mass is 32.1. The van der Waals surface area contributed by atoms with Crippen molar-refractivity contribution in [2.24, 2.45) is 0 Å². The summed E-state index contributed by atoms with van der Waals surface area (Å²) in [6, 6.07) is 11.0. The van der Waals surface area contributed by atoms with Crippen molar-refractivity contribution in [1.82, 2.24) is 4.98 Å². The molecule has 2 aromatic carbocycles. The molecule has 0 aliphatic carbocycles. The van der Waals surface area contributed by atoms with E-state index in [2.05, 4.69) is 11.6 Å². The van der Waals surface area contributed by atoms with Crippen molar-refractivity contribution in [3.8, 4) is 5.75 Å². The number of thiazole rings is 1. The van der Waals surface area contributed by atoms with Crippen molar-refractivity contribution in [2.75, 3.05) is 11.5 Å². The minimum Gasteiger partial charge on any atom is -0.507 e. The van der Waals surface area contributed by atoms with Crippen molar-refractivity contribution >= 4 is 33.9 Å². The third kappa shape index (κ3) is 3.73. The van der Waals surface area contributed by atoms with Gasteiger partial charge in [-0.1, -0.05) is 30.9 Å². The zero-order chi connectivity index (χ0) is 22.0. The third-order valence-corrected chi connectivity index (χ3v) is 5.54. The maximum Gasteiger partial charge on any atom is 0.301 e. The molecule has 0 unspecified atom stereocenters. The molecule has 1 aliphatic heterocycles. The fourth-order valence-corrected chi connectivity index (χ4v) is 4.04. The fraction of sp³-hybridized carbons (Fsp3) is 0.0870. The first-order chi connectivity index (χ1) is 15.0. The minimum absolute atomic E-state index is 0.0874. The Bertz CT molecular complexity index is 1170. The van der Waals surface area contributed by atoms with Crippen LogP contribution in [0.3, 0.4) is 0 Å². The van der Waals surface area contributed by atoms with E-state index < -0.39 is 29.3 Å². The smallest absolute Gasteiger partial charge is 0.301 e. The van der Waals surface area contributed by atoms with Gasteiger partial charge in [0.1, 0.15) is 30.0 Å². The monoisotopic (exact) mass is 436 g/mol. The van der Waals surface area contributed by atoms with Gasteiger partial charge in [-0.3, -0.25) is 14.5 Å². The van der Waals surface area contributed by atoms with Crippen LogP contribution in [0.2, 0.25) is 0 Å². The van der Waals surface area contributed by atoms with Gasteiger partial charge in [-0.2, -0.15) is 0 Å². The normalized spacial score (nSPS) is 17.7. The Morgan fingerprint density at radius 2 is 1.97 bits per heavy atom. The summed E-state index contributed by atoms with van der Waals surface area (Å²) in [4.78, 5) is 31.0. The van der Waals surface area contributed by atoms with Gasteiger partial charge in [0, 0.05) is 22.7 Å². The van der Waals surface area contributed by atoms with Crippen molar-refractivity contribution in [3.63, 3.8) is 0 Å². The largest absolute Gasteiger partial charge is 0.507 e. The summed E-state index contributed by atoms with van der Waals surface area (Å²) in [5, 5.41) is 12.9. The van der Waals surface area contributed by atoms with Crippen LogP contribution in [-0.2, 0) is 9.59 Å². The van der Waals surface area contributed by atoms with Crippen molar-refractivity contribution in [3.05, 3.63) is 95.3 Å². The number of ether oxygens (including phenoxy) is 1. The van der Waals surface area contributed by atoms with Gasteiger partial charge in [0.25, 0.3) is 5.78 Å². The van der Waals surface area contributed by atoms with E-state index in [1.54, 1.807) is 41.8 Å². The lowest BCUT2D eigenvalue weighted by Crippen LogP contribution is -2.29. The first kappa shape index (κ1) is 20.5. The summed E-state index contributed by atoms with van der Waals surface area (Å²) in [7, 11) is 0. The molecule has 8 heteroatoms. The maximum atomic E-state index is 14.7. The number of halogens is 1. The summed E-state index contributed by atoms with van der Waals surface area (Å²) >= 11 is 1.14. The molecule has 0 radical (unpaired) electrons. The van der Waals surface area contributed by atoms with Gasteiger partial charge in [-0.05, 0) is 30.3 Å². The lowest BCUT2D eigenvalue weighted by Gasteiger charge is -2.23. The van der Waals surface area contributed by atoms with E-state index in [0.29, 0.717) is 17.9 Å². The second-order valence-corrected chi connectivity index (χ2v) is 7.50. The highest BCUT2D eigenvalue weighted by Crippen LogP contribution is 2.43. The molecule has 0 bridgehead atoms. The number of aromatic nitrogens is 1. The molecule has 0 spiro atoms. The lowest BCUT2D eigenvalue weighted by atomic mass is 9.95. The molecule has 1 fully saturated rings. The number of ketones is 1. The summed E-state index contributed by atoms with van der Waals surface area (Å²) in [6.07, 6.45) is 3.09. The molecule has 1 amide bonds. The number of amides is 1. The van der Waals surface area contributed by atoms with Crippen LogP contribution in [0.5, 0.6) is 5.75 Å². The Hall–Kier alpha value is -3.78. The molecular formula is C23H17FN2O4S. The first-order valence-corrected chi connectivity index (χ1v) is 10.2. The van der Waals surface area contributed by atoms with Gasteiger partial charge in [0.2, 0.25) is 0 Å². The second-order valence-electron chi connectivity index (χ2n) is 6.63. The van der Waals surface area contributed by atoms with E-state index >= 15 is 0 Å². The molecule has 1 saturated heterocycles. The summed E-state index contributed by atoms with van der Waals surface area (Å²) in [5.41, 5.74) is 0.180. The number of benzene rings is 2. The first-order valence-electron chi connectivity index (χ1n) is 9.32. The fourth-order valence-electron chi connectivity index (χ4n) is 3.38. The van der Waals surface area contributed by atoms with Crippen molar-refractivity contribution < 1.29 is 23.8 Å². The summed E-state index contributed by atoms with van der Waals surface area (Å²) in [6.45, 7) is 3.90. The molecular weight excluding hydrogens is 419 g/mol. The minimum atomic E-state index is -1.15. The van der Waals surface area contributed by atoms with Crippen molar-refractivity contribution in [2.45, 2.75) is 6.04 Å². The van der Waals surface area contributed by atoms with Crippen LogP contribution in [0.1, 0.15) is 17.2 Å². The molecule has 1 N–H and O–H groups in total. The highest BCUT2D eigenvalue weighted by molar-refractivity contribution is 7.14. The molecule has 0 saturated carbocycles. The van der Waals surface area contributed by atoms with Crippen LogP contribution in [0, 0.1) is 5.82 Å². The standard InChI is InChI=1S/C23H17FN2O4S/c1-2-12-30-15-9-7-14(8-10-15)20(27)18-19(16-5-3-4-6-17(16)24)26(22(29)21(18)28)23-25-11-13-31-23/h2-11,13,19,27H,1,12H2/b20-18+/t19-/m0/s1. The Kier molecular flexibility index (Phi) is 5.64. The Morgan fingerprint density at radius 3 is 2.61 bits per heavy atom. The number of rotatable bonds is 6. The number of carbonyl (C=O) groups is 2. The van der Waals surface area contributed by atoms with Gasteiger partial charge in [0.15, 0.2) is 5.13 Å². The topological polar surface area (TPSA) is 79.7 Å². The van der Waals surface area contributed by atoms with Gasteiger partial charge in [0.05, 0.1) is 5.57 Å². The van der Waals surface area contributed by atoms with Crippen LogP contribution in [-0.4, -0.2) is 28.4 Å². The molecule has 1 aromatic heterocycles. The molecule has 156 valence electrons. The lowest BCUT2D eigenvalue weighted by molar-refractivity contribution is -0.132.